The molecule has 0 heterocycles. The largest absolute Gasteiger partial charge is 0.327 e. The molecule has 0 amide bonds. The first-order chi connectivity index (χ1) is 7.78. The lowest BCUT2D eigenvalue weighted by Crippen LogP contribution is -2.25. The molecule has 0 spiro atoms. The van der Waals surface area contributed by atoms with Crippen LogP contribution in [0.25, 0.3) is 0 Å². The fourth-order valence-electron chi connectivity index (χ4n) is 2.02. The number of hydrogen-bond donors (Lipinski definition) is 1. The maximum Gasteiger partial charge on any atom is 0.00796 e. The van der Waals surface area contributed by atoms with Crippen LogP contribution in [-0.2, 0) is 6.42 Å². The normalized spacial score (nSPS) is 13.8. The molecule has 0 aromatic heterocycles. The van der Waals surface area contributed by atoms with Gasteiger partial charge in [-0.2, -0.15) is 0 Å². The number of nitrogens with two attached hydrogens (primary N) is 1. The number of aryl methyl sites for hydroxylation is 2. The van der Waals surface area contributed by atoms with E-state index in [4.69, 9.17) is 5.73 Å². The molecule has 0 bridgehead atoms. The van der Waals surface area contributed by atoms with E-state index >= 15 is 0 Å². The summed E-state index contributed by atoms with van der Waals surface area (Å²) in [6.07, 6.45) is 3.31. The van der Waals surface area contributed by atoms with Crippen molar-refractivity contribution in [2.45, 2.75) is 59.9 Å². The first-order valence-corrected chi connectivity index (χ1v) is 6.59. The van der Waals surface area contributed by atoms with Crippen LogP contribution in [0.2, 0.25) is 0 Å². The van der Waals surface area contributed by atoms with Crippen molar-refractivity contribution in [1.82, 2.24) is 0 Å². The molecule has 0 saturated heterocycles. The average Bonchev–Trinajstić information content (AvgIpc) is 2.20. The molecule has 17 heavy (non-hydrogen) atoms. The summed E-state index contributed by atoms with van der Waals surface area (Å²) in [6, 6.07) is 6.92. The van der Waals surface area contributed by atoms with Crippen LogP contribution in [0.5, 0.6) is 0 Å². The van der Waals surface area contributed by atoms with Crippen molar-refractivity contribution >= 4 is 0 Å². The minimum Gasteiger partial charge on any atom is -0.327 e. The van der Waals surface area contributed by atoms with Crippen molar-refractivity contribution in [2.24, 2.45) is 11.1 Å². The van der Waals surface area contributed by atoms with Gasteiger partial charge >= 0.3 is 0 Å². The second-order valence-corrected chi connectivity index (χ2v) is 6.49. The zero-order valence-electron chi connectivity index (χ0n) is 12.0. The van der Waals surface area contributed by atoms with E-state index in [1.165, 1.54) is 23.1 Å². The third kappa shape index (κ3) is 5.36. The van der Waals surface area contributed by atoms with Crippen LogP contribution in [0.4, 0.5) is 0 Å². The van der Waals surface area contributed by atoms with E-state index in [1.54, 1.807) is 0 Å². The zero-order chi connectivity index (χ0) is 13.1. The summed E-state index contributed by atoms with van der Waals surface area (Å²) < 4.78 is 0. The zero-order valence-corrected chi connectivity index (χ0v) is 12.0. The monoisotopic (exact) mass is 233 g/mol. The standard InChI is InChI=1S/C16H27N/c1-12-6-7-13(2)14(10-12)11-15(17)8-9-16(3,4)5/h6-7,10,15H,8-9,11,17H2,1-5H3. The van der Waals surface area contributed by atoms with Crippen LogP contribution in [-0.4, -0.2) is 6.04 Å². The molecule has 0 aliphatic carbocycles. The molecule has 1 rings (SSSR count). The van der Waals surface area contributed by atoms with Gasteiger partial charge in [-0.1, -0.05) is 44.5 Å². The lowest BCUT2D eigenvalue weighted by atomic mass is 9.87. The van der Waals surface area contributed by atoms with Crippen LogP contribution in [0.3, 0.4) is 0 Å². The summed E-state index contributed by atoms with van der Waals surface area (Å²) in [4.78, 5) is 0. The molecule has 1 aromatic rings. The van der Waals surface area contributed by atoms with Gasteiger partial charge in [-0.05, 0) is 49.7 Å². The second kappa shape index (κ2) is 5.68. The van der Waals surface area contributed by atoms with Crippen LogP contribution < -0.4 is 5.73 Å². The first kappa shape index (κ1) is 14.2. The molecule has 1 unspecified atom stereocenters. The van der Waals surface area contributed by atoms with E-state index in [1.807, 2.05) is 0 Å². The molecule has 0 saturated carbocycles. The lowest BCUT2D eigenvalue weighted by molar-refractivity contribution is 0.347. The van der Waals surface area contributed by atoms with E-state index in [0.717, 1.165) is 12.8 Å². The Kier molecular flexibility index (Phi) is 4.76. The molecule has 96 valence electrons. The van der Waals surface area contributed by atoms with Crippen LogP contribution in [0.1, 0.15) is 50.3 Å². The predicted molar refractivity (Wildman–Crippen MR) is 76.3 cm³/mol. The van der Waals surface area contributed by atoms with E-state index in [2.05, 4.69) is 52.8 Å². The molecular weight excluding hydrogens is 206 g/mol. The maximum absolute atomic E-state index is 6.23. The van der Waals surface area contributed by atoms with E-state index in [9.17, 15) is 0 Å². The van der Waals surface area contributed by atoms with Gasteiger partial charge < -0.3 is 5.73 Å². The third-order valence-corrected chi connectivity index (χ3v) is 3.25. The topological polar surface area (TPSA) is 26.0 Å². The van der Waals surface area contributed by atoms with Gasteiger partial charge in [0, 0.05) is 6.04 Å². The minimum atomic E-state index is 0.287. The van der Waals surface area contributed by atoms with Crippen molar-refractivity contribution in [1.29, 1.82) is 0 Å². The van der Waals surface area contributed by atoms with Crippen molar-refractivity contribution in [3.8, 4) is 0 Å². The fourth-order valence-corrected chi connectivity index (χ4v) is 2.02. The molecule has 0 aliphatic heterocycles. The molecule has 2 N–H and O–H groups in total. The van der Waals surface area contributed by atoms with Gasteiger partial charge in [-0.15, -0.1) is 0 Å². The Labute approximate surface area is 106 Å². The van der Waals surface area contributed by atoms with Gasteiger partial charge in [0.15, 0.2) is 0 Å². The Hall–Kier alpha value is -0.820. The highest BCUT2D eigenvalue weighted by Gasteiger charge is 2.13. The second-order valence-electron chi connectivity index (χ2n) is 6.49. The highest BCUT2D eigenvalue weighted by molar-refractivity contribution is 5.31. The van der Waals surface area contributed by atoms with E-state index in [-0.39, 0.29) is 6.04 Å². The van der Waals surface area contributed by atoms with E-state index < -0.39 is 0 Å². The minimum absolute atomic E-state index is 0.287. The molecule has 0 radical (unpaired) electrons. The summed E-state index contributed by atoms with van der Waals surface area (Å²) >= 11 is 0. The van der Waals surface area contributed by atoms with Gasteiger partial charge in [0.1, 0.15) is 0 Å². The van der Waals surface area contributed by atoms with Gasteiger partial charge in [-0.3, -0.25) is 0 Å². The Morgan fingerprint density at radius 2 is 1.82 bits per heavy atom. The summed E-state index contributed by atoms with van der Waals surface area (Å²) in [7, 11) is 0. The lowest BCUT2D eigenvalue weighted by Gasteiger charge is -2.21. The number of rotatable bonds is 4. The highest BCUT2D eigenvalue weighted by atomic mass is 14.6. The quantitative estimate of drug-likeness (QED) is 0.835. The van der Waals surface area contributed by atoms with Crippen LogP contribution in [0, 0.1) is 19.3 Å². The van der Waals surface area contributed by atoms with Crippen molar-refractivity contribution in [3.05, 3.63) is 34.9 Å². The number of hydrogen-bond acceptors (Lipinski definition) is 1. The summed E-state index contributed by atoms with van der Waals surface area (Å²) in [5.74, 6) is 0. The summed E-state index contributed by atoms with van der Waals surface area (Å²) in [6.45, 7) is 11.1. The Morgan fingerprint density at radius 1 is 1.18 bits per heavy atom. The molecule has 0 aliphatic rings. The van der Waals surface area contributed by atoms with Gasteiger partial charge in [0.25, 0.3) is 0 Å². The fraction of sp³-hybridized carbons (Fsp3) is 0.625. The van der Waals surface area contributed by atoms with E-state index in [0.29, 0.717) is 5.41 Å². The SMILES string of the molecule is Cc1ccc(C)c(CC(N)CCC(C)(C)C)c1. The van der Waals surface area contributed by atoms with Gasteiger partial charge in [0.2, 0.25) is 0 Å². The molecule has 0 fully saturated rings. The van der Waals surface area contributed by atoms with Gasteiger partial charge in [0.05, 0.1) is 0 Å². The first-order valence-electron chi connectivity index (χ1n) is 6.59. The van der Waals surface area contributed by atoms with Crippen LogP contribution >= 0.6 is 0 Å². The van der Waals surface area contributed by atoms with Crippen molar-refractivity contribution < 1.29 is 0 Å². The van der Waals surface area contributed by atoms with Crippen molar-refractivity contribution in [3.63, 3.8) is 0 Å². The molecule has 1 aromatic carbocycles. The smallest absolute Gasteiger partial charge is 0.00796 e. The Bertz CT molecular complexity index is 360. The molecule has 1 atom stereocenters. The highest BCUT2D eigenvalue weighted by Crippen LogP contribution is 2.22. The summed E-state index contributed by atoms with van der Waals surface area (Å²) in [5, 5.41) is 0. The van der Waals surface area contributed by atoms with Crippen molar-refractivity contribution in [2.75, 3.05) is 0 Å². The molecule has 1 nitrogen and oxygen atoms in total. The Morgan fingerprint density at radius 3 is 2.41 bits per heavy atom. The number of benzene rings is 1. The summed E-state index contributed by atoms with van der Waals surface area (Å²) in [5.41, 5.74) is 10.7. The average molecular weight is 233 g/mol. The third-order valence-electron chi connectivity index (χ3n) is 3.25. The molecular formula is C16H27N. The molecule has 1 heteroatoms. The van der Waals surface area contributed by atoms with Crippen LogP contribution in [0.15, 0.2) is 18.2 Å². The predicted octanol–water partition coefficient (Wildman–Crippen LogP) is 4.00. The van der Waals surface area contributed by atoms with Gasteiger partial charge in [-0.25, -0.2) is 0 Å². The maximum atomic E-state index is 6.23. The Balaban J connectivity index is 2.56.